The van der Waals surface area contributed by atoms with E-state index < -0.39 is 30.2 Å². The van der Waals surface area contributed by atoms with E-state index in [0.717, 1.165) is 11.1 Å². The lowest BCUT2D eigenvalue weighted by atomic mass is 9.92. The molecule has 4 rings (SSSR count). The number of nitrogens with one attached hydrogen (secondary N) is 1. The highest BCUT2D eigenvalue weighted by Gasteiger charge is 2.40. The molecule has 1 unspecified atom stereocenters. The number of carboxylic acids is 1. The molecule has 1 aliphatic rings. The number of carbonyl (C=O) groups excluding carboxylic acids is 2. The number of hydrogen-bond acceptors (Lipinski definition) is 5. The van der Waals surface area contributed by atoms with Crippen LogP contribution >= 0.6 is 23.2 Å². The maximum Gasteiger partial charge on any atom is 0.325 e. The predicted octanol–water partition coefficient (Wildman–Crippen LogP) is 4.79. The Balaban J connectivity index is 1.59. The molecule has 1 fully saturated rings. The van der Waals surface area contributed by atoms with Crippen LogP contribution in [0.5, 0.6) is 5.75 Å². The lowest BCUT2D eigenvalue weighted by molar-refractivity contribution is -0.142. The van der Waals surface area contributed by atoms with Crippen molar-refractivity contribution in [3.8, 4) is 5.75 Å². The van der Waals surface area contributed by atoms with E-state index in [4.69, 9.17) is 33.0 Å². The van der Waals surface area contributed by atoms with Crippen molar-refractivity contribution < 1.29 is 24.2 Å². The van der Waals surface area contributed by atoms with Crippen molar-refractivity contribution >= 4 is 46.7 Å². The number of ether oxygens (including phenoxy) is 1. The molecule has 2 amide bonds. The van der Waals surface area contributed by atoms with Gasteiger partial charge < -0.3 is 20.1 Å². The van der Waals surface area contributed by atoms with Gasteiger partial charge in [0.2, 0.25) is 11.8 Å². The molecule has 0 spiro atoms. The van der Waals surface area contributed by atoms with Crippen molar-refractivity contribution in [3.63, 3.8) is 0 Å². The molecule has 10 heteroatoms. The smallest absolute Gasteiger partial charge is 0.325 e. The molecule has 204 valence electrons. The lowest BCUT2D eigenvalue weighted by Crippen LogP contribution is -2.62. The molecule has 1 saturated heterocycles. The zero-order valence-corrected chi connectivity index (χ0v) is 23.0. The number of benzene rings is 3. The van der Waals surface area contributed by atoms with Gasteiger partial charge in [-0.25, -0.2) is 0 Å². The summed E-state index contributed by atoms with van der Waals surface area (Å²) in [7, 11) is 1.54. The molecule has 1 aliphatic heterocycles. The number of carboxylic acid groups (broad SMARTS) is 1. The number of rotatable bonds is 10. The summed E-state index contributed by atoms with van der Waals surface area (Å²) in [6.45, 7) is 2.42. The van der Waals surface area contributed by atoms with Crippen LogP contribution in [0.4, 0.5) is 5.69 Å². The molecule has 1 atom stereocenters. The Morgan fingerprint density at radius 2 is 1.56 bits per heavy atom. The highest BCUT2D eigenvalue weighted by Crippen LogP contribution is 2.36. The Bertz CT molecular complexity index is 1280. The fourth-order valence-corrected chi connectivity index (χ4v) is 4.91. The highest BCUT2D eigenvalue weighted by molar-refractivity contribution is 6.30. The highest BCUT2D eigenvalue weighted by atomic mass is 35.5. The summed E-state index contributed by atoms with van der Waals surface area (Å²) in [4.78, 5) is 40.9. The number of likely N-dealkylation sites (tertiary alicyclic amines) is 1. The fourth-order valence-electron chi connectivity index (χ4n) is 4.66. The number of nitrogens with zero attached hydrogens (tertiary/aromatic N) is 2. The van der Waals surface area contributed by atoms with Crippen molar-refractivity contribution in [1.29, 1.82) is 0 Å². The summed E-state index contributed by atoms with van der Waals surface area (Å²) in [6, 6.07) is 21.0. The van der Waals surface area contributed by atoms with Gasteiger partial charge in [-0.1, -0.05) is 53.5 Å². The van der Waals surface area contributed by atoms with E-state index in [1.54, 1.807) is 36.3 Å². The molecule has 0 saturated carbocycles. The fraction of sp³-hybridized carbons (Fsp3) is 0.276. The quantitative estimate of drug-likeness (QED) is 0.341. The van der Waals surface area contributed by atoms with E-state index in [2.05, 4.69) is 10.2 Å². The molecule has 39 heavy (non-hydrogen) atoms. The minimum absolute atomic E-state index is 0.0993. The summed E-state index contributed by atoms with van der Waals surface area (Å²) < 4.78 is 5.36. The number of halogens is 2. The maximum absolute atomic E-state index is 13.5. The van der Waals surface area contributed by atoms with Crippen LogP contribution in [0.2, 0.25) is 10.0 Å². The maximum atomic E-state index is 13.5. The van der Waals surface area contributed by atoms with Gasteiger partial charge in [-0.05, 0) is 54.4 Å². The Hall–Kier alpha value is -3.59. The third kappa shape index (κ3) is 6.89. The summed E-state index contributed by atoms with van der Waals surface area (Å²) in [5.74, 6) is -1.69. The predicted molar refractivity (Wildman–Crippen MR) is 150 cm³/mol. The molecule has 1 heterocycles. The molecule has 2 N–H and O–H groups in total. The van der Waals surface area contributed by atoms with Crippen molar-refractivity contribution in [2.45, 2.75) is 31.5 Å². The Labute approximate surface area is 237 Å². The largest absolute Gasteiger partial charge is 0.497 e. The van der Waals surface area contributed by atoms with E-state index in [0.29, 0.717) is 34.6 Å². The molecule has 0 radical (unpaired) electrons. The average Bonchev–Trinajstić information content (AvgIpc) is 2.89. The molecule has 0 bridgehead atoms. The summed E-state index contributed by atoms with van der Waals surface area (Å²) in [6.07, 6.45) is -0.483. The van der Waals surface area contributed by atoms with Gasteiger partial charge >= 0.3 is 5.97 Å². The van der Waals surface area contributed by atoms with Crippen LogP contribution in [0.15, 0.2) is 72.8 Å². The van der Waals surface area contributed by atoms with Gasteiger partial charge in [0.15, 0.2) is 0 Å². The number of amides is 2. The normalized spacial score (nSPS) is 14.4. The van der Waals surface area contributed by atoms with Crippen LogP contribution < -0.4 is 15.0 Å². The molecule has 0 aromatic heterocycles. The van der Waals surface area contributed by atoms with Crippen LogP contribution in [-0.4, -0.2) is 60.1 Å². The van der Waals surface area contributed by atoms with E-state index in [1.807, 2.05) is 48.5 Å². The van der Waals surface area contributed by atoms with Gasteiger partial charge in [-0.3, -0.25) is 19.3 Å². The first-order chi connectivity index (χ1) is 18.7. The molecular formula is C29H29Cl2N3O5. The van der Waals surface area contributed by atoms with E-state index in [1.165, 1.54) is 6.92 Å². The second-order valence-electron chi connectivity index (χ2n) is 9.38. The van der Waals surface area contributed by atoms with Crippen molar-refractivity contribution in [3.05, 3.63) is 94.0 Å². The Morgan fingerprint density at radius 3 is 2.08 bits per heavy atom. The molecule has 0 aliphatic carbocycles. The van der Waals surface area contributed by atoms with Crippen LogP contribution in [0.3, 0.4) is 0 Å². The zero-order valence-electron chi connectivity index (χ0n) is 21.5. The second-order valence-corrected chi connectivity index (χ2v) is 10.3. The van der Waals surface area contributed by atoms with Crippen LogP contribution in [0.1, 0.15) is 30.5 Å². The second kappa shape index (κ2) is 12.5. The monoisotopic (exact) mass is 569 g/mol. The number of methoxy groups -OCH3 is 1. The molecule has 3 aromatic rings. The van der Waals surface area contributed by atoms with Crippen molar-refractivity contribution in [2.24, 2.45) is 0 Å². The standard InChI is InChI=1S/C29H29Cl2N3O5/c1-18(29(37)38)32-26(35)15-27(36)34(23-4-3-5-25(14-23)39-2)24-16-33(17-24)28(19-6-10-21(30)11-7-19)20-8-12-22(31)13-9-20/h3-14,18,24,28H,15-17H2,1-2H3,(H,32,35)(H,37,38). The SMILES string of the molecule is COc1cccc(N(C(=O)CC(=O)NC(C)C(=O)O)C2CN(C(c3ccc(Cl)cc3)c3ccc(Cl)cc3)C2)c1. The molecular weight excluding hydrogens is 541 g/mol. The zero-order chi connectivity index (χ0) is 28.1. The molecule has 8 nitrogen and oxygen atoms in total. The first-order valence-electron chi connectivity index (χ1n) is 12.4. The third-order valence-electron chi connectivity index (χ3n) is 6.65. The Kier molecular flexibility index (Phi) is 9.12. The number of hydrogen-bond donors (Lipinski definition) is 2. The van der Waals surface area contributed by atoms with Crippen LogP contribution in [0.25, 0.3) is 0 Å². The average molecular weight is 570 g/mol. The van der Waals surface area contributed by atoms with Gasteiger partial charge in [0.1, 0.15) is 18.2 Å². The van der Waals surface area contributed by atoms with Gasteiger partial charge in [0, 0.05) is 34.9 Å². The van der Waals surface area contributed by atoms with Crippen molar-refractivity contribution in [2.75, 3.05) is 25.1 Å². The Morgan fingerprint density at radius 1 is 1.00 bits per heavy atom. The van der Waals surface area contributed by atoms with E-state index in [-0.39, 0.29) is 12.1 Å². The van der Waals surface area contributed by atoms with Crippen LogP contribution in [0, 0.1) is 0 Å². The minimum atomic E-state index is -1.18. The van der Waals surface area contributed by atoms with Crippen LogP contribution in [-0.2, 0) is 14.4 Å². The van der Waals surface area contributed by atoms with Gasteiger partial charge in [0.25, 0.3) is 0 Å². The van der Waals surface area contributed by atoms with Gasteiger partial charge in [0.05, 0.1) is 19.2 Å². The number of aliphatic carboxylic acids is 1. The van der Waals surface area contributed by atoms with Crippen molar-refractivity contribution in [1.82, 2.24) is 10.2 Å². The summed E-state index contributed by atoms with van der Waals surface area (Å²) in [5.41, 5.74) is 2.68. The van der Waals surface area contributed by atoms with Gasteiger partial charge in [-0.2, -0.15) is 0 Å². The first kappa shape index (κ1) is 28.4. The summed E-state index contributed by atoms with van der Waals surface area (Å²) in [5, 5.41) is 12.7. The molecule has 3 aromatic carbocycles. The van der Waals surface area contributed by atoms with E-state index in [9.17, 15) is 14.4 Å². The topological polar surface area (TPSA) is 99.2 Å². The lowest BCUT2D eigenvalue weighted by Gasteiger charge is -2.49. The van der Waals surface area contributed by atoms with Gasteiger partial charge in [-0.15, -0.1) is 0 Å². The number of anilines is 1. The summed E-state index contributed by atoms with van der Waals surface area (Å²) >= 11 is 12.3. The third-order valence-corrected chi connectivity index (χ3v) is 7.16. The first-order valence-corrected chi connectivity index (χ1v) is 13.1. The van der Waals surface area contributed by atoms with E-state index >= 15 is 0 Å². The minimum Gasteiger partial charge on any atom is -0.497 e. The number of carbonyl (C=O) groups is 3.